The van der Waals surface area contributed by atoms with Crippen molar-refractivity contribution in [2.24, 2.45) is 0 Å². The van der Waals surface area contributed by atoms with Crippen LogP contribution in [0.5, 0.6) is 0 Å². The number of ether oxygens (including phenoxy) is 1. The average Bonchev–Trinajstić information content (AvgIpc) is 2.37. The number of nitrogens with zero attached hydrogens (tertiary/aromatic N) is 1. The highest BCUT2D eigenvalue weighted by atomic mass is 79.9. The first-order chi connectivity index (χ1) is 9.65. The first kappa shape index (κ1) is 17.5. The van der Waals surface area contributed by atoms with Crippen LogP contribution in [-0.2, 0) is 9.57 Å². The Labute approximate surface area is 132 Å². The zero-order chi connectivity index (χ0) is 16.2. The molecular weight excluding hydrogens is 340 g/mol. The first-order valence-corrected chi connectivity index (χ1v) is 7.05. The number of para-hydroxylation sites is 1. The van der Waals surface area contributed by atoms with Gasteiger partial charge in [-0.05, 0) is 48.8 Å². The van der Waals surface area contributed by atoms with E-state index in [1.54, 1.807) is 39.0 Å². The lowest BCUT2D eigenvalue weighted by atomic mass is 10.1. The van der Waals surface area contributed by atoms with Crippen LogP contribution in [0.15, 0.2) is 22.7 Å². The highest BCUT2D eigenvalue weighted by Gasteiger charge is 2.22. The molecular formula is C14H19BrN2O4. The van der Waals surface area contributed by atoms with Crippen molar-refractivity contribution in [1.29, 1.82) is 0 Å². The summed E-state index contributed by atoms with van der Waals surface area (Å²) < 4.78 is 5.76. The highest BCUT2D eigenvalue weighted by Crippen LogP contribution is 2.28. The largest absolute Gasteiger partial charge is 0.444 e. The van der Waals surface area contributed by atoms with Crippen LogP contribution in [0, 0.1) is 0 Å². The fourth-order valence-corrected chi connectivity index (χ4v) is 1.95. The molecule has 6 nitrogen and oxygen atoms in total. The number of amides is 2. The molecule has 1 N–H and O–H groups in total. The highest BCUT2D eigenvalue weighted by molar-refractivity contribution is 9.10. The zero-order valence-corrected chi connectivity index (χ0v) is 14.3. The van der Waals surface area contributed by atoms with Gasteiger partial charge in [-0.3, -0.25) is 14.9 Å². The molecule has 0 atom stereocenters. The summed E-state index contributed by atoms with van der Waals surface area (Å²) in [6, 6.07) is 5.01. The minimum absolute atomic E-state index is 0.291. The quantitative estimate of drug-likeness (QED) is 0.840. The predicted octanol–water partition coefficient (Wildman–Crippen LogP) is 3.43. The van der Waals surface area contributed by atoms with Gasteiger partial charge in [0.15, 0.2) is 0 Å². The second-order valence-corrected chi connectivity index (χ2v) is 6.13. The maximum Gasteiger partial charge on any atom is 0.412 e. The van der Waals surface area contributed by atoms with Crippen LogP contribution < -0.4 is 5.32 Å². The van der Waals surface area contributed by atoms with Crippen LogP contribution in [0.25, 0.3) is 0 Å². The fourth-order valence-electron chi connectivity index (χ4n) is 1.49. The summed E-state index contributed by atoms with van der Waals surface area (Å²) in [4.78, 5) is 29.0. The van der Waals surface area contributed by atoms with E-state index in [0.717, 1.165) is 5.06 Å². The van der Waals surface area contributed by atoms with Crippen molar-refractivity contribution in [2.75, 3.05) is 19.5 Å². The number of halogens is 1. The molecule has 0 heterocycles. The predicted molar refractivity (Wildman–Crippen MR) is 83.1 cm³/mol. The molecule has 0 bridgehead atoms. The van der Waals surface area contributed by atoms with Gasteiger partial charge in [0.2, 0.25) is 0 Å². The van der Waals surface area contributed by atoms with E-state index in [4.69, 9.17) is 9.57 Å². The molecule has 0 aliphatic carbocycles. The maximum absolute atomic E-state index is 12.2. The van der Waals surface area contributed by atoms with Crippen LogP contribution in [0.4, 0.5) is 10.5 Å². The third-order valence-electron chi connectivity index (χ3n) is 2.43. The van der Waals surface area contributed by atoms with Gasteiger partial charge in [0.25, 0.3) is 5.91 Å². The maximum atomic E-state index is 12.2. The number of rotatable bonds is 3. The van der Waals surface area contributed by atoms with Crippen LogP contribution in [-0.4, -0.2) is 36.8 Å². The molecule has 7 heteroatoms. The van der Waals surface area contributed by atoms with Crippen LogP contribution >= 0.6 is 15.9 Å². The number of carbonyl (C=O) groups excluding carboxylic acids is 2. The van der Waals surface area contributed by atoms with Crippen molar-refractivity contribution in [3.05, 3.63) is 28.2 Å². The molecule has 116 valence electrons. The monoisotopic (exact) mass is 358 g/mol. The standard InChI is InChI=1S/C14H19BrN2O4/c1-14(2,3)21-13(19)16-11-9(7-6-8-10(11)15)12(18)17(4)20-5/h6-8H,1-5H3,(H,16,19). The van der Waals surface area contributed by atoms with Gasteiger partial charge < -0.3 is 4.74 Å². The van der Waals surface area contributed by atoms with E-state index >= 15 is 0 Å². The number of hydroxylamine groups is 2. The smallest absolute Gasteiger partial charge is 0.412 e. The SMILES string of the molecule is CON(C)C(=O)c1cccc(Br)c1NC(=O)OC(C)(C)C. The Bertz CT molecular complexity index is 540. The normalized spacial score (nSPS) is 11.0. The molecule has 0 saturated carbocycles. The number of nitrogens with one attached hydrogen (secondary N) is 1. The average molecular weight is 359 g/mol. The van der Waals surface area contributed by atoms with Gasteiger partial charge in [-0.2, -0.15) is 0 Å². The molecule has 0 radical (unpaired) electrons. The minimum atomic E-state index is -0.636. The molecule has 0 aromatic heterocycles. The zero-order valence-electron chi connectivity index (χ0n) is 12.7. The molecule has 1 rings (SSSR count). The molecule has 21 heavy (non-hydrogen) atoms. The number of carbonyl (C=O) groups is 2. The van der Waals surface area contributed by atoms with Crippen molar-refractivity contribution in [2.45, 2.75) is 26.4 Å². The Hall–Kier alpha value is -1.60. The Morgan fingerprint density at radius 3 is 2.43 bits per heavy atom. The molecule has 0 aliphatic heterocycles. The molecule has 0 aliphatic rings. The van der Waals surface area contributed by atoms with Crippen molar-refractivity contribution < 1.29 is 19.2 Å². The Morgan fingerprint density at radius 1 is 1.29 bits per heavy atom. The number of benzene rings is 1. The third-order valence-corrected chi connectivity index (χ3v) is 3.09. The van der Waals surface area contributed by atoms with Crippen LogP contribution in [0.2, 0.25) is 0 Å². The second kappa shape index (κ2) is 6.91. The van der Waals surface area contributed by atoms with E-state index in [-0.39, 0.29) is 5.91 Å². The molecule has 1 aromatic rings. The van der Waals surface area contributed by atoms with E-state index in [1.807, 2.05) is 0 Å². The molecule has 0 unspecified atom stereocenters. The molecule has 0 fully saturated rings. The summed E-state index contributed by atoms with van der Waals surface area (Å²) in [5, 5.41) is 3.66. The lowest BCUT2D eigenvalue weighted by molar-refractivity contribution is -0.0756. The van der Waals surface area contributed by atoms with E-state index in [1.165, 1.54) is 14.2 Å². The van der Waals surface area contributed by atoms with Crippen molar-refractivity contribution >= 4 is 33.6 Å². The molecule has 0 spiro atoms. The van der Waals surface area contributed by atoms with E-state index in [9.17, 15) is 9.59 Å². The summed E-state index contributed by atoms with van der Waals surface area (Å²) in [6.45, 7) is 5.28. The summed E-state index contributed by atoms with van der Waals surface area (Å²) in [6.07, 6.45) is -0.636. The number of hydrogen-bond acceptors (Lipinski definition) is 4. The Balaban J connectivity index is 3.06. The lowest BCUT2D eigenvalue weighted by Crippen LogP contribution is -2.30. The fraction of sp³-hybridized carbons (Fsp3) is 0.429. The van der Waals surface area contributed by atoms with E-state index in [0.29, 0.717) is 15.7 Å². The third kappa shape index (κ3) is 5.02. The van der Waals surface area contributed by atoms with Crippen LogP contribution in [0.3, 0.4) is 0 Å². The number of anilines is 1. The van der Waals surface area contributed by atoms with Crippen molar-refractivity contribution in [3.8, 4) is 0 Å². The minimum Gasteiger partial charge on any atom is -0.444 e. The van der Waals surface area contributed by atoms with Crippen LogP contribution in [0.1, 0.15) is 31.1 Å². The van der Waals surface area contributed by atoms with Crippen molar-refractivity contribution in [1.82, 2.24) is 5.06 Å². The second-order valence-electron chi connectivity index (χ2n) is 5.27. The van der Waals surface area contributed by atoms with Gasteiger partial charge in [0.05, 0.1) is 18.4 Å². The molecule has 1 aromatic carbocycles. The van der Waals surface area contributed by atoms with Gasteiger partial charge in [0, 0.05) is 11.5 Å². The van der Waals surface area contributed by atoms with Gasteiger partial charge >= 0.3 is 6.09 Å². The van der Waals surface area contributed by atoms with Gasteiger partial charge in [-0.1, -0.05) is 6.07 Å². The Kier molecular flexibility index (Phi) is 5.74. The van der Waals surface area contributed by atoms with Gasteiger partial charge in [-0.25, -0.2) is 9.86 Å². The summed E-state index contributed by atoms with van der Waals surface area (Å²) in [5.74, 6) is -0.384. The Morgan fingerprint density at radius 2 is 1.90 bits per heavy atom. The molecule has 2 amide bonds. The summed E-state index contributed by atoms with van der Waals surface area (Å²) >= 11 is 3.31. The van der Waals surface area contributed by atoms with Gasteiger partial charge in [0.1, 0.15) is 5.60 Å². The van der Waals surface area contributed by atoms with E-state index < -0.39 is 11.7 Å². The van der Waals surface area contributed by atoms with Crippen molar-refractivity contribution in [3.63, 3.8) is 0 Å². The summed E-state index contributed by atoms with van der Waals surface area (Å²) in [5.41, 5.74) is -0.000940. The lowest BCUT2D eigenvalue weighted by Gasteiger charge is -2.21. The number of hydrogen-bond donors (Lipinski definition) is 1. The topological polar surface area (TPSA) is 67.9 Å². The summed E-state index contributed by atoms with van der Waals surface area (Å²) in [7, 11) is 2.87. The van der Waals surface area contributed by atoms with E-state index in [2.05, 4.69) is 21.2 Å². The first-order valence-electron chi connectivity index (χ1n) is 6.26. The molecule has 0 saturated heterocycles. The van der Waals surface area contributed by atoms with Gasteiger partial charge in [-0.15, -0.1) is 0 Å².